The van der Waals surface area contributed by atoms with Gasteiger partial charge in [-0.3, -0.25) is 0 Å². The van der Waals surface area contributed by atoms with Gasteiger partial charge in [-0.25, -0.2) is 0 Å². The van der Waals surface area contributed by atoms with Crippen LogP contribution in [0.1, 0.15) is 18.4 Å². The van der Waals surface area contributed by atoms with Gasteiger partial charge in [0.25, 0.3) is 0 Å². The first-order valence-corrected chi connectivity index (χ1v) is 5.43. The lowest BCUT2D eigenvalue weighted by Crippen LogP contribution is -1.99. The van der Waals surface area contributed by atoms with Crippen LogP contribution in [0.15, 0.2) is 24.3 Å². The van der Waals surface area contributed by atoms with E-state index in [1.807, 2.05) is 12.1 Å². The molecule has 0 atom stereocenters. The average Bonchev–Trinajstić information content (AvgIpc) is 2.83. The van der Waals surface area contributed by atoms with Gasteiger partial charge < -0.3 is 5.73 Å². The molecule has 1 aromatic heterocycles. The van der Waals surface area contributed by atoms with Gasteiger partial charge in [-0.1, -0.05) is 18.2 Å². The molecule has 1 heterocycles. The molecule has 0 spiro atoms. The van der Waals surface area contributed by atoms with Crippen LogP contribution in [0.3, 0.4) is 0 Å². The van der Waals surface area contributed by atoms with E-state index < -0.39 is 0 Å². The van der Waals surface area contributed by atoms with Crippen molar-refractivity contribution >= 4 is 0 Å². The number of aromatic amines is 1. The quantitative estimate of drug-likeness (QED) is 0.736. The Hall–Kier alpha value is -1.75. The van der Waals surface area contributed by atoms with Crippen LogP contribution in [0, 0.1) is 0 Å². The minimum absolute atomic E-state index is 0.640. The second kappa shape index (κ2) is 5.37. The largest absolute Gasteiger partial charge is 0.330 e. The number of aromatic nitrogens is 4. The molecule has 16 heavy (non-hydrogen) atoms. The summed E-state index contributed by atoms with van der Waals surface area (Å²) in [6.07, 6.45) is 3.22. The van der Waals surface area contributed by atoms with E-state index >= 15 is 0 Å². The van der Waals surface area contributed by atoms with E-state index in [0.29, 0.717) is 5.82 Å². The first kappa shape index (κ1) is 10.8. The number of nitrogens with two attached hydrogens (primary N) is 1. The van der Waals surface area contributed by atoms with Gasteiger partial charge in [0.2, 0.25) is 5.82 Å². The van der Waals surface area contributed by atoms with Crippen molar-refractivity contribution in [1.82, 2.24) is 20.6 Å². The Bertz CT molecular complexity index is 424. The zero-order valence-corrected chi connectivity index (χ0v) is 9.06. The fourth-order valence-electron chi connectivity index (χ4n) is 1.62. The second-order valence-electron chi connectivity index (χ2n) is 3.68. The fraction of sp³-hybridized carbons (Fsp3) is 0.364. The van der Waals surface area contributed by atoms with Crippen molar-refractivity contribution < 1.29 is 0 Å². The minimum atomic E-state index is 0.640. The van der Waals surface area contributed by atoms with Crippen molar-refractivity contribution in [1.29, 1.82) is 0 Å². The van der Waals surface area contributed by atoms with Gasteiger partial charge in [0, 0.05) is 5.56 Å². The average molecular weight is 217 g/mol. The van der Waals surface area contributed by atoms with E-state index in [0.717, 1.165) is 31.4 Å². The van der Waals surface area contributed by atoms with Gasteiger partial charge in [-0.05, 0) is 42.7 Å². The molecule has 2 rings (SSSR count). The van der Waals surface area contributed by atoms with Gasteiger partial charge in [0.1, 0.15) is 0 Å². The third-order valence-corrected chi connectivity index (χ3v) is 2.45. The molecule has 0 aliphatic carbocycles. The summed E-state index contributed by atoms with van der Waals surface area (Å²) in [5, 5.41) is 13.9. The molecule has 0 fully saturated rings. The summed E-state index contributed by atoms with van der Waals surface area (Å²) >= 11 is 0. The van der Waals surface area contributed by atoms with Crippen LogP contribution in [0.25, 0.3) is 11.4 Å². The van der Waals surface area contributed by atoms with Crippen molar-refractivity contribution in [3.05, 3.63) is 29.8 Å². The minimum Gasteiger partial charge on any atom is -0.330 e. The Balaban J connectivity index is 2.08. The summed E-state index contributed by atoms with van der Waals surface area (Å²) in [7, 11) is 0. The maximum absolute atomic E-state index is 5.47. The smallest absolute Gasteiger partial charge is 0.204 e. The Morgan fingerprint density at radius 2 is 2.19 bits per heavy atom. The van der Waals surface area contributed by atoms with Gasteiger partial charge in [0.15, 0.2) is 0 Å². The van der Waals surface area contributed by atoms with Crippen LogP contribution < -0.4 is 5.73 Å². The van der Waals surface area contributed by atoms with Crippen molar-refractivity contribution in [2.24, 2.45) is 5.73 Å². The highest BCUT2D eigenvalue weighted by molar-refractivity contribution is 5.54. The van der Waals surface area contributed by atoms with Crippen LogP contribution in [-0.2, 0) is 6.42 Å². The molecule has 0 radical (unpaired) electrons. The van der Waals surface area contributed by atoms with Gasteiger partial charge >= 0.3 is 0 Å². The SMILES string of the molecule is NCCCCc1cccc(-c2nn[nH]n2)c1. The molecule has 0 amide bonds. The lowest BCUT2D eigenvalue weighted by molar-refractivity contribution is 0.745. The number of H-pyrrole nitrogens is 1. The summed E-state index contributed by atoms with van der Waals surface area (Å²) in [6, 6.07) is 8.21. The zero-order valence-electron chi connectivity index (χ0n) is 9.06. The fourth-order valence-corrected chi connectivity index (χ4v) is 1.62. The van der Waals surface area contributed by atoms with Crippen molar-refractivity contribution in [2.75, 3.05) is 6.54 Å². The van der Waals surface area contributed by atoms with Crippen LogP contribution in [0.4, 0.5) is 0 Å². The number of hydrogen-bond acceptors (Lipinski definition) is 4. The predicted octanol–water partition coefficient (Wildman–Crippen LogP) is 1.15. The molecule has 84 valence electrons. The number of rotatable bonds is 5. The normalized spacial score (nSPS) is 10.6. The van der Waals surface area contributed by atoms with Crippen molar-refractivity contribution in [2.45, 2.75) is 19.3 Å². The van der Waals surface area contributed by atoms with Crippen molar-refractivity contribution in [3.8, 4) is 11.4 Å². The molecule has 0 saturated carbocycles. The number of hydrogen-bond donors (Lipinski definition) is 2. The Morgan fingerprint density at radius 1 is 1.25 bits per heavy atom. The topological polar surface area (TPSA) is 80.5 Å². The number of nitrogens with zero attached hydrogens (tertiary/aromatic N) is 3. The van der Waals surface area contributed by atoms with Crippen LogP contribution >= 0.6 is 0 Å². The molecule has 1 aromatic carbocycles. The molecule has 0 aliphatic heterocycles. The molecule has 0 saturated heterocycles. The third-order valence-electron chi connectivity index (χ3n) is 2.45. The molecule has 5 heteroatoms. The summed E-state index contributed by atoms with van der Waals surface area (Å²) in [5.41, 5.74) is 7.75. The number of benzene rings is 1. The number of unbranched alkanes of at least 4 members (excludes halogenated alkanes) is 1. The summed E-state index contributed by atoms with van der Waals surface area (Å²) in [4.78, 5) is 0. The van der Waals surface area contributed by atoms with Crippen LogP contribution in [0.2, 0.25) is 0 Å². The Kier molecular flexibility index (Phi) is 3.61. The summed E-state index contributed by atoms with van der Waals surface area (Å²) in [6.45, 7) is 0.754. The zero-order chi connectivity index (χ0) is 11.2. The molecular weight excluding hydrogens is 202 g/mol. The van der Waals surface area contributed by atoms with Crippen molar-refractivity contribution in [3.63, 3.8) is 0 Å². The van der Waals surface area contributed by atoms with Gasteiger partial charge in [0.05, 0.1) is 0 Å². The molecule has 5 nitrogen and oxygen atoms in total. The maximum Gasteiger partial charge on any atom is 0.204 e. The predicted molar refractivity (Wildman–Crippen MR) is 61.6 cm³/mol. The summed E-state index contributed by atoms with van der Waals surface area (Å²) < 4.78 is 0. The first-order chi connectivity index (χ1) is 7.90. The number of tetrazole rings is 1. The van der Waals surface area contributed by atoms with E-state index in [-0.39, 0.29) is 0 Å². The van der Waals surface area contributed by atoms with E-state index in [4.69, 9.17) is 5.73 Å². The van der Waals surface area contributed by atoms with Crippen LogP contribution in [-0.4, -0.2) is 27.2 Å². The highest BCUT2D eigenvalue weighted by Gasteiger charge is 2.03. The Morgan fingerprint density at radius 3 is 2.94 bits per heavy atom. The molecule has 0 aliphatic rings. The third kappa shape index (κ3) is 2.64. The van der Waals surface area contributed by atoms with E-state index in [1.54, 1.807) is 0 Å². The highest BCUT2D eigenvalue weighted by atomic mass is 15.5. The second-order valence-corrected chi connectivity index (χ2v) is 3.68. The highest BCUT2D eigenvalue weighted by Crippen LogP contribution is 2.16. The molecule has 0 bridgehead atoms. The lowest BCUT2D eigenvalue weighted by atomic mass is 10.1. The number of aryl methyl sites for hydroxylation is 1. The molecule has 2 aromatic rings. The maximum atomic E-state index is 5.47. The van der Waals surface area contributed by atoms with Crippen LogP contribution in [0.5, 0.6) is 0 Å². The van der Waals surface area contributed by atoms with Gasteiger partial charge in [-0.15, -0.1) is 10.2 Å². The van der Waals surface area contributed by atoms with E-state index in [2.05, 4.69) is 32.8 Å². The standard InChI is InChI=1S/C11H15N5/c12-7-2-1-4-9-5-3-6-10(8-9)11-13-15-16-14-11/h3,5-6,8H,1-2,4,7,12H2,(H,13,14,15,16). The lowest BCUT2D eigenvalue weighted by Gasteiger charge is -2.02. The van der Waals surface area contributed by atoms with Gasteiger partial charge in [-0.2, -0.15) is 5.21 Å². The van der Waals surface area contributed by atoms with E-state index in [1.165, 1.54) is 5.56 Å². The molecule has 0 unspecified atom stereocenters. The van der Waals surface area contributed by atoms with E-state index in [9.17, 15) is 0 Å². The molecule has 3 N–H and O–H groups in total. The first-order valence-electron chi connectivity index (χ1n) is 5.43. The summed E-state index contributed by atoms with van der Waals surface area (Å²) in [5.74, 6) is 0.640. The Labute approximate surface area is 94.1 Å². The molecular formula is C11H15N5. The monoisotopic (exact) mass is 217 g/mol. The number of nitrogens with one attached hydrogen (secondary N) is 1.